The smallest absolute Gasteiger partial charge is 0.272 e. The molecule has 6 nitrogen and oxygen atoms in total. The molecule has 20 heavy (non-hydrogen) atoms. The molecule has 0 aliphatic carbocycles. The lowest BCUT2D eigenvalue weighted by Crippen LogP contribution is -2.23. The Morgan fingerprint density at radius 3 is 3.00 bits per heavy atom. The third kappa shape index (κ3) is 2.59. The first kappa shape index (κ1) is 12.2. The number of carbonyl (C=O) groups is 1. The average molecular weight is 268 g/mol. The first-order chi connectivity index (χ1) is 9.83. The van der Waals surface area contributed by atoms with Crippen LogP contribution in [0, 0.1) is 0 Å². The number of pyridine rings is 1. The highest BCUT2D eigenvalue weighted by atomic mass is 16.3. The number of aromatic amines is 1. The summed E-state index contributed by atoms with van der Waals surface area (Å²) in [6, 6.07) is 10.8. The third-order valence-electron chi connectivity index (χ3n) is 2.75. The zero-order chi connectivity index (χ0) is 13.8. The predicted octanol–water partition coefficient (Wildman–Crippen LogP) is 1.99. The zero-order valence-electron chi connectivity index (χ0n) is 10.5. The molecule has 0 bridgehead atoms. The summed E-state index contributed by atoms with van der Waals surface area (Å²) in [6.07, 6.45) is 3.25. The zero-order valence-corrected chi connectivity index (χ0v) is 10.5. The van der Waals surface area contributed by atoms with Crippen LogP contribution in [0.1, 0.15) is 16.2 Å². The highest BCUT2D eigenvalue weighted by Crippen LogP contribution is 2.17. The Hall–Kier alpha value is -2.89. The lowest BCUT2D eigenvalue weighted by molar-refractivity contribution is 0.0945. The van der Waals surface area contributed by atoms with Crippen LogP contribution < -0.4 is 5.32 Å². The minimum atomic E-state index is -0.260. The highest BCUT2D eigenvalue weighted by Gasteiger charge is 2.12. The van der Waals surface area contributed by atoms with E-state index in [9.17, 15) is 4.79 Å². The van der Waals surface area contributed by atoms with Gasteiger partial charge in [0.05, 0.1) is 18.5 Å². The summed E-state index contributed by atoms with van der Waals surface area (Å²) in [7, 11) is 0. The number of hydrogen-bond donors (Lipinski definition) is 2. The molecule has 0 saturated heterocycles. The van der Waals surface area contributed by atoms with Crippen LogP contribution in [0.4, 0.5) is 0 Å². The van der Waals surface area contributed by atoms with E-state index in [0.29, 0.717) is 23.7 Å². The number of hydrogen-bond acceptors (Lipinski definition) is 4. The fourth-order valence-corrected chi connectivity index (χ4v) is 1.76. The molecule has 0 saturated carbocycles. The molecular formula is C14H12N4O2. The third-order valence-corrected chi connectivity index (χ3v) is 2.75. The molecule has 0 aromatic carbocycles. The van der Waals surface area contributed by atoms with Crippen molar-refractivity contribution in [3.8, 4) is 11.5 Å². The van der Waals surface area contributed by atoms with E-state index >= 15 is 0 Å². The Kier molecular flexibility index (Phi) is 3.28. The molecular weight excluding hydrogens is 256 g/mol. The van der Waals surface area contributed by atoms with Gasteiger partial charge in [-0.25, -0.2) is 0 Å². The van der Waals surface area contributed by atoms with E-state index < -0.39 is 0 Å². The van der Waals surface area contributed by atoms with Gasteiger partial charge in [0, 0.05) is 12.3 Å². The lowest BCUT2D eigenvalue weighted by Gasteiger charge is -2.01. The summed E-state index contributed by atoms with van der Waals surface area (Å²) < 4.78 is 5.23. The number of H-pyrrole nitrogens is 1. The minimum absolute atomic E-state index is 0.260. The molecule has 3 rings (SSSR count). The van der Waals surface area contributed by atoms with Crippen molar-refractivity contribution in [3.05, 3.63) is 60.2 Å². The highest BCUT2D eigenvalue weighted by molar-refractivity contribution is 5.93. The fourth-order valence-electron chi connectivity index (χ4n) is 1.76. The maximum absolute atomic E-state index is 11.9. The van der Waals surface area contributed by atoms with Gasteiger partial charge in [-0.1, -0.05) is 6.07 Å². The Balaban J connectivity index is 1.66. The van der Waals surface area contributed by atoms with Crippen LogP contribution in [-0.2, 0) is 6.54 Å². The number of nitrogens with one attached hydrogen (secondary N) is 2. The molecule has 6 heteroatoms. The van der Waals surface area contributed by atoms with E-state index in [1.54, 1.807) is 30.7 Å². The van der Waals surface area contributed by atoms with Crippen LogP contribution in [0.5, 0.6) is 0 Å². The molecule has 0 unspecified atom stereocenters. The molecule has 3 heterocycles. The predicted molar refractivity (Wildman–Crippen MR) is 71.7 cm³/mol. The molecule has 0 fully saturated rings. The van der Waals surface area contributed by atoms with Crippen molar-refractivity contribution in [2.75, 3.05) is 0 Å². The van der Waals surface area contributed by atoms with Crippen molar-refractivity contribution in [1.82, 2.24) is 20.5 Å². The van der Waals surface area contributed by atoms with Crippen molar-refractivity contribution in [1.29, 1.82) is 0 Å². The largest absolute Gasteiger partial charge is 0.463 e. The van der Waals surface area contributed by atoms with Gasteiger partial charge in [0.25, 0.3) is 5.91 Å². The quantitative estimate of drug-likeness (QED) is 0.758. The van der Waals surface area contributed by atoms with Crippen LogP contribution in [-0.4, -0.2) is 21.1 Å². The number of amides is 1. The van der Waals surface area contributed by atoms with Gasteiger partial charge in [-0.2, -0.15) is 5.10 Å². The van der Waals surface area contributed by atoms with Crippen molar-refractivity contribution in [2.45, 2.75) is 6.54 Å². The van der Waals surface area contributed by atoms with Gasteiger partial charge >= 0.3 is 0 Å². The first-order valence-electron chi connectivity index (χ1n) is 6.10. The molecule has 1 amide bonds. The van der Waals surface area contributed by atoms with Gasteiger partial charge < -0.3 is 9.73 Å². The van der Waals surface area contributed by atoms with Crippen LogP contribution >= 0.6 is 0 Å². The molecule has 0 atom stereocenters. The fraction of sp³-hybridized carbons (Fsp3) is 0.0714. The van der Waals surface area contributed by atoms with Gasteiger partial charge in [-0.3, -0.25) is 14.9 Å². The summed E-state index contributed by atoms with van der Waals surface area (Å²) >= 11 is 0. The molecule has 100 valence electrons. The molecule has 0 radical (unpaired) electrons. The van der Waals surface area contributed by atoms with E-state index in [0.717, 1.165) is 5.69 Å². The normalized spacial score (nSPS) is 10.4. The summed E-state index contributed by atoms with van der Waals surface area (Å²) in [5, 5.41) is 9.49. The van der Waals surface area contributed by atoms with E-state index in [2.05, 4.69) is 20.5 Å². The monoisotopic (exact) mass is 268 g/mol. The maximum atomic E-state index is 11.9. The molecule has 0 spiro atoms. The van der Waals surface area contributed by atoms with Crippen LogP contribution in [0.3, 0.4) is 0 Å². The topological polar surface area (TPSA) is 83.8 Å². The Morgan fingerprint density at radius 2 is 2.25 bits per heavy atom. The molecule has 0 aliphatic heterocycles. The van der Waals surface area contributed by atoms with E-state index in [-0.39, 0.29) is 5.91 Å². The van der Waals surface area contributed by atoms with Gasteiger partial charge in [0.2, 0.25) is 0 Å². The number of rotatable bonds is 4. The Bertz CT molecular complexity index is 689. The molecule has 0 aliphatic rings. The van der Waals surface area contributed by atoms with Gasteiger partial charge in [-0.15, -0.1) is 0 Å². The number of carbonyl (C=O) groups excluding carboxylic acids is 1. The first-order valence-corrected chi connectivity index (χ1v) is 6.10. The van der Waals surface area contributed by atoms with Gasteiger partial charge in [-0.05, 0) is 24.3 Å². The van der Waals surface area contributed by atoms with Crippen LogP contribution in [0.2, 0.25) is 0 Å². The summed E-state index contributed by atoms with van der Waals surface area (Å²) in [5.41, 5.74) is 1.77. The Labute approximate surface area is 114 Å². The Morgan fingerprint density at radius 1 is 1.30 bits per heavy atom. The number of aromatic nitrogens is 3. The standard InChI is InChI=1S/C14H12N4O2/c19-14(16-9-10-4-1-2-6-15-10)12-8-11(17-18-12)13-5-3-7-20-13/h1-8H,9H2,(H,16,19)(H,17,18). The van der Waals surface area contributed by atoms with Crippen LogP contribution in [0.15, 0.2) is 53.3 Å². The molecule has 3 aromatic rings. The van der Waals surface area contributed by atoms with Crippen molar-refractivity contribution >= 4 is 5.91 Å². The second-order valence-electron chi connectivity index (χ2n) is 4.15. The van der Waals surface area contributed by atoms with Crippen molar-refractivity contribution in [3.63, 3.8) is 0 Å². The maximum Gasteiger partial charge on any atom is 0.272 e. The van der Waals surface area contributed by atoms with Crippen molar-refractivity contribution in [2.24, 2.45) is 0 Å². The van der Waals surface area contributed by atoms with Gasteiger partial charge in [0.1, 0.15) is 5.69 Å². The second-order valence-corrected chi connectivity index (χ2v) is 4.15. The number of nitrogens with zero attached hydrogens (tertiary/aromatic N) is 2. The lowest BCUT2D eigenvalue weighted by atomic mass is 10.3. The van der Waals surface area contributed by atoms with E-state index in [1.807, 2.05) is 18.2 Å². The van der Waals surface area contributed by atoms with E-state index in [4.69, 9.17) is 4.42 Å². The number of furan rings is 1. The van der Waals surface area contributed by atoms with E-state index in [1.165, 1.54) is 0 Å². The van der Waals surface area contributed by atoms with Crippen molar-refractivity contribution < 1.29 is 9.21 Å². The van der Waals surface area contributed by atoms with Crippen LogP contribution in [0.25, 0.3) is 11.5 Å². The average Bonchev–Trinajstić information content (AvgIpc) is 3.16. The SMILES string of the molecule is O=C(NCc1ccccn1)c1cc(-c2ccco2)[nH]n1. The molecule has 3 aromatic heterocycles. The minimum Gasteiger partial charge on any atom is -0.463 e. The summed E-state index contributed by atoms with van der Waals surface area (Å²) in [4.78, 5) is 16.1. The summed E-state index contributed by atoms with van der Waals surface area (Å²) in [5.74, 6) is 0.381. The summed E-state index contributed by atoms with van der Waals surface area (Å²) in [6.45, 7) is 0.364. The second kappa shape index (κ2) is 5.40. The van der Waals surface area contributed by atoms with Gasteiger partial charge in [0.15, 0.2) is 11.5 Å². The molecule has 2 N–H and O–H groups in total.